The van der Waals surface area contributed by atoms with E-state index in [9.17, 15) is 4.79 Å². The van der Waals surface area contributed by atoms with E-state index in [0.717, 1.165) is 37.2 Å². The number of aryl methyl sites for hydroxylation is 1. The maximum absolute atomic E-state index is 12.8. The van der Waals surface area contributed by atoms with Gasteiger partial charge in [-0.15, -0.1) is 0 Å². The van der Waals surface area contributed by atoms with Crippen LogP contribution in [0.5, 0.6) is 0 Å². The number of aromatic nitrogens is 3. The average Bonchev–Trinajstić information content (AvgIpc) is 2.96. The quantitative estimate of drug-likeness (QED) is 0.860. The zero-order chi connectivity index (χ0) is 17.1. The number of hydrogen-bond donors (Lipinski definition) is 1. The Hall–Kier alpha value is -1.95. The van der Waals surface area contributed by atoms with Crippen molar-refractivity contribution < 1.29 is 4.79 Å². The van der Waals surface area contributed by atoms with Gasteiger partial charge in [-0.2, -0.15) is 5.10 Å². The van der Waals surface area contributed by atoms with E-state index < -0.39 is 0 Å². The van der Waals surface area contributed by atoms with E-state index in [-0.39, 0.29) is 12.5 Å². The van der Waals surface area contributed by atoms with Crippen LogP contribution in [0.3, 0.4) is 0 Å². The standard InChI is InChI=1S/C18H24N4OS/c1-3-15-6-4-5-11-21(15)16(23)12-22-17(19-20-18(22)24)14-9-7-13(2)8-10-14/h7-10,15H,3-6,11-12H2,1-2H3,(H,20,24). The summed E-state index contributed by atoms with van der Waals surface area (Å²) in [4.78, 5) is 14.9. The molecule has 1 atom stereocenters. The van der Waals surface area contributed by atoms with Gasteiger partial charge in [-0.05, 0) is 44.8 Å². The fourth-order valence-corrected chi connectivity index (χ4v) is 3.56. The normalized spacial score (nSPS) is 17.9. The highest BCUT2D eigenvalue weighted by atomic mass is 32.1. The molecule has 1 unspecified atom stereocenters. The number of nitrogens with zero attached hydrogens (tertiary/aromatic N) is 3. The second kappa shape index (κ2) is 7.30. The van der Waals surface area contributed by atoms with Gasteiger partial charge in [0, 0.05) is 18.2 Å². The number of aromatic amines is 1. The lowest BCUT2D eigenvalue weighted by Gasteiger charge is -2.35. The Bertz CT molecular complexity index is 762. The molecule has 1 saturated heterocycles. The molecule has 0 bridgehead atoms. The second-order valence-electron chi connectivity index (χ2n) is 6.45. The molecule has 3 rings (SSSR count). The Balaban J connectivity index is 1.85. The fourth-order valence-electron chi connectivity index (χ4n) is 3.37. The van der Waals surface area contributed by atoms with Crippen LogP contribution in [0.2, 0.25) is 0 Å². The summed E-state index contributed by atoms with van der Waals surface area (Å²) >= 11 is 5.35. The summed E-state index contributed by atoms with van der Waals surface area (Å²) in [6.45, 7) is 5.29. The molecule has 0 saturated carbocycles. The third-order valence-corrected chi connectivity index (χ3v) is 5.09. The summed E-state index contributed by atoms with van der Waals surface area (Å²) in [5.41, 5.74) is 2.15. The topological polar surface area (TPSA) is 53.9 Å². The number of piperidine rings is 1. The van der Waals surface area contributed by atoms with Gasteiger partial charge in [0.2, 0.25) is 5.91 Å². The molecule has 24 heavy (non-hydrogen) atoms. The average molecular weight is 344 g/mol. The molecule has 1 aliphatic heterocycles. The minimum Gasteiger partial charge on any atom is -0.338 e. The SMILES string of the molecule is CCC1CCCCN1C(=O)Cn1c(-c2ccc(C)cc2)n[nH]c1=S. The maximum Gasteiger partial charge on any atom is 0.242 e. The van der Waals surface area contributed by atoms with E-state index in [2.05, 4.69) is 17.1 Å². The van der Waals surface area contributed by atoms with E-state index in [1.54, 1.807) is 0 Å². The third kappa shape index (κ3) is 3.43. The smallest absolute Gasteiger partial charge is 0.242 e. The fraction of sp³-hybridized carbons (Fsp3) is 0.500. The number of nitrogens with one attached hydrogen (secondary N) is 1. The van der Waals surface area contributed by atoms with Crippen LogP contribution in [0.25, 0.3) is 11.4 Å². The molecule has 1 amide bonds. The Kier molecular flexibility index (Phi) is 5.14. The number of carbonyl (C=O) groups excluding carboxylic acids is 1. The second-order valence-corrected chi connectivity index (χ2v) is 6.84. The van der Waals surface area contributed by atoms with Gasteiger partial charge >= 0.3 is 0 Å². The molecule has 1 aliphatic rings. The van der Waals surface area contributed by atoms with Gasteiger partial charge in [0.25, 0.3) is 0 Å². The van der Waals surface area contributed by atoms with Crippen LogP contribution in [0.15, 0.2) is 24.3 Å². The van der Waals surface area contributed by atoms with Gasteiger partial charge in [0.05, 0.1) is 0 Å². The van der Waals surface area contributed by atoms with Crippen LogP contribution in [0, 0.1) is 11.7 Å². The Morgan fingerprint density at radius 1 is 1.33 bits per heavy atom. The van der Waals surface area contributed by atoms with Crippen molar-refractivity contribution in [3.63, 3.8) is 0 Å². The Morgan fingerprint density at radius 3 is 2.79 bits per heavy atom. The van der Waals surface area contributed by atoms with Crippen molar-refractivity contribution in [1.82, 2.24) is 19.7 Å². The number of rotatable bonds is 4. The lowest BCUT2D eigenvalue weighted by molar-refractivity contribution is -0.135. The molecule has 2 aromatic rings. The van der Waals surface area contributed by atoms with Crippen molar-refractivity contribution in [1.29, 1.82) is 0 Å². The molecule has 0 aliphatic carbocycles. The van der Waals surface area contributed by atoms with Crippen molar-refractivity contribution in [3.05, 3.63) is 34.6 Å². The van der Waals surface area contributed by atoms with Crippen LogP contribution in [-0.2, 0) is 11.3 Å². The van der Waals surface area contributed by atoms with Gasteiger partial charge in [0.15, 0.2) is 10.6 Å². The molecular formula is C18H24N4OS. The molecular weight excluding hydrogens is 320 g/mol. The van der Waals surface area contributed by atoms with Crippen molar-refractivity contribution in [2.75, 3.05) is 6.54 Å². The number of amides is 1. The minimum atomic E-state index is 0.132. The molecule has 0 spiro atoms. The molecule has 1 fully saturated rings. The maximum atomic E-state index is 12.8. The summed E-state index contributed by atoms with van der Waals surface area (Å²) in [5.74, 6) is 0.853. The highest BCUT2D eigenvalue weighted by Crippen LogP contribution is 2.22. The van der Waals surface area contributed by atoms with E-state index in [1.165, 1.54) is 12.0 Å². The zero-order valence-electron chi connectivity index (χ0n) is 14.3. The summed E-state index contributed by atoms with van der Waals surface area (Å²) in [5, 5.41) is 7.16. The summed E-state index contributed by atoms with van der Waals surface area (Å²) in [6, 6.07) is 8.46. The summed E-state index contributed by atoms with van der Waals surface area (Å²) in [6.07, 6.45) is 4.41. The Labute approximate surface area is 147 Å². The Morgan fingerprint density at radius 2 is 2.08 bits per heavy atom. The molecule has 6 heteroatoms. The van der Waals surface area contributed by atoms with E-state index in [4.69, 9.17) is 12.2 Å². The summed E-state index contributed by atoms with van der Waals surface area (Å²) in [7, 11) is 0. The van der Waals surface area contributed by atoms with Crippen molar-refractivity contribution in [3.8, 4) is 11.4 Å². The number of hydrogen-bond acceptors (Lipinski definition) is 3. The first-order chi connectivity index (χ1) is 11.6. The molecule has 5 nitrogen and oxygen atoms in total. The predicted octanol–water partition coefficient (Wildman–Crippen LogP) is 3.71. The minimum absolute atomic E-state index is 0.132. The van der Waals surface area contributed by atoms with Crippen molar-refractivity contribution in [2.45, 2.75) is 52.1 Å². The van der Waals surface area contributed by atoms with Crippen LogP contribution < -0.4 is 0 Å². The number of H-pyrrole nitrogens is 1. The van der Waals surface area contributed by atoms with Crippen LogP contribution in [-0.4, -0.2) is 38.2 Å². The van der Waals surface area contributed by atoms with E-state index >= 15 is 0 Å². The number of likely N-dealkylation sites (tertiary alicyclic amines) is 1. The molecule has 128 valence electrons. The summed E-state index contributed by atoms with van der Waals surface area (Å²) < 4.78 is 2.30. The van der Waals surface area contributed by atoms with E-state index in [1.807, 2.05) is 40.7 Å². The lowest BCUT2D eigenvalue weighted by Crippen LogP contribution is -2.44. The first-order valence-corrected chi connectivity index (χ1v) is 9.02. The van der Waals surface area contributed by atoms with Crippen LogP contribution >= 0.6 is 12.2 Å². The molecule has 0 radical (unpaired) electrons. The largest absolute Gasteiger partial charge is 0.338 e. The molecule has 1 aromatic heterocycles. The third-order valence-electron chi connectivity index (χ3n) is 4.78. The van der Waals surface area contributed by atoms with Crippen LogP contribution in [0.1, 0.15) is 38.2 Å². The van der Waals surface area contributed by atoms with E-state index in [0.29, 0.717) is 10.8 Å². The number of benzene rings is 1. The van der Waals surface area contributed by atoms with Gasteiger partial charge < -0.3 is 4.90 Å². The monoisotopic (exact) mass is 344 g/mol. The van der Waals surface area contributed by atoms with Gasteiger partial charge in [0.1, 0.15) is 6.54 Å². The van der Waals surface area contributed by atoms with Crippen LogP contribution in [0.4, 0.5) is 0 Å². The first kappa shape index (κ1) is 16.9. The van der Waals surface area contributed by atoms with Gasteiger partial charge in [-0.25, -0.2) is 0 Å². The zero-order valence-corrected chi connectivity index (χ0v) is 15.1. The van der Waals surface area contributed by atoms with Crippen molar-refractivity contribution >= 4 is 18.1 Å². The first-order valence-electron chi connectivity index (χ1n) is 8.62. The van der Waals surface area contributed by atoms with Gasteiger partial charge in [-0.3, -0.25) is 14.5 Å². The van der Waals surface area contributed by atoms with Gasteiger partial charge in [-0.1, -0.05) is 36.8 Å². The highest BCUT2D eigenvalue weighted by Gasteiger charge is 2.26. The molecule has 2 heterocycles. The lowest BCUT2D eigenvalue weighted by atomic mass is 10.00. The molecule has 1 aromatic carbocycles. The predicted molar refractivity (Wildman–Crippen MR) is 97.2 cm³/mol. The number of carbonyl (C=O) groups is 1. The highest BCUT2D eigenvalue weighted by molar-refractivity contribution is 7.71. The molecule has 1 N–H and O–H groups in total. The van der Waals surface area contributed by atoms with Crippen molar-refractivity contribution in [2.24, 2.45) is 0 Å².